The van der Waals surface area contributed by atoms with E-state index in [-0.39, 0.29) is 11.9 Å². The highest BCUT2D eigenvalue weighted by atomic mass is 32.1. The molecule has 0 spiro atoms. The second kappa shape index (κ2) is 5.47. The molecule has 0 aromatic carbocycles. The minimum absolute atomic E-state index is 0.182. The van der Waals surface area contributed by atoms with E-state index in [9.17, 15) is 4.79 Å². The Labute approximate surface area is 93.3 Å². The van der Waals surface area contributed by atoms with Gasteiger partial charge in [-0.15, -0.1) is 11.5 Å². The molecule has 0 saturated heterocycles. The van der Waals surface area contributed by atoms with Crippen molar-refractivity contribution < 1.29 is 4.79 Å². The third-order valence-corrected chi connectivity index (χ3v) is 2.77. The van der Waals surface area contributed by atoms with Crippen molar-refractivity contribution >= 4 is 17.4 Å². The summed E-state index contributed by atoms with van der Waals surface area (Å²) in [5, 5.41) is 6.54. The summed E-state index contributed by atoms with van der Waals surface area (Å²) in [5.41, 5.74) is 0.643. The summed E-state index contributed by atoms with van der Waals surface area (Å²) in [6.07, 6.45) is 7.03. The quantitative estimate of drug-likeness (QED) is 0.784. The van der Waals surface area contributed by atoms with E-state index in [0.29, 0.717) is 10.6 Å². The molecule has 1 aromatic heterocycles. The molecule has 0 saturated carbocycles. The molecule has 1 atom stereocenters. The van der Waals surface area contributed by atoms with Crippen molar-refractivity contribution in [3.63, 3.8) is 0 Å². The highest BCUT2D eigenvalue weighted by Gasteiger charge is 2.15. The topological polar surface area (TPSA) is 54.9 Å². The van der Waals surface area contributed by atoms with Crippen LogP contribution in [-0.4, -0.2) is 21.5 Å². The average Bonchev–Trinajstić information content (AvgIpc) is 2.63. The molecule has 5 heteroatoms. The predicted molar refractivity (Wildman–Crippen MR) is 59.6 cm³/mol. The number of nitrogens with one attached hydrogen (secondary N) is 1. The van der Waals surface area contributed by atoms with Crippen LogP contribution in [-0.2, 0) is 0 Å². The molecule has 15 heavy (non-hydrogen) atoms. The van der Waals surface area contributed by atoms with Crippen molar-refractivity contribution in [2.45, 2.75) is 32.7 Å². The van der Waals surface area contributed by atoms with Gasteiger partial charge in [-0.3, -0.25) is 4.79 Å². The van der Waals surface area contributed by atoms with E-state index < -0.39 is 0 Å². The van der Waals surface area contributed by atoms with Gasteiger partial charge in [0.1, 0.15) is 4.88 Å². The largest absolute Gasteiger partial charge is 0.338 e. The molecule has 0 aliphatic carbocycles. The van der Waals surface area contributed by atoms with E-state index in [2.05, 4.69) is 20.8 Å². The number of aryl methyl sites for hydroxylation is 1. The van der Waals surface area contributed by atoms with Gasteiger partial charge in [-0.25, -0.2) is 0 Å². The van der Waals surface area contributed by atoms with Gasteiger partial charge in [-0.2, -0.15) is 0 Å². The molecule has 1 heterocycles. The van der Waals surface area contributed by atoms with E-state index in [1.165, 1.54) is 0 Å². The summed E-state index contributed by atoms with van der Waals surface area (Å²) in [6, 6.07) is -0.205. The number of carbonyl (C=O) groups is 1. The Morgan fingerprint density at radius 2 is 2.47 bits per heavy atom. The number of terminal acetylenes is 1. The van der Waals surface area contributed by atoms with Crippen LogP contribution in [0.3, 0.4) is 0 Å². The Morgan fingerprint density at radius 3 is 2.93 bits per heavy atom. The van der Waals surface area contributed by atoms with Crippen molar-refractivity contribution in [3.05, 3.63) is 10.6 Å². The van der Waals surface area contributed by atoms with Crippen LogP contribution in [0.2, 0.25) is 0 Å². The predicted octanol–water partition coefficient (Wildman–Crippen LogP) is 1.38. The Bertz CT molecular complexity index is 380. The van der Waals surface area contributed by atoms with Crippen LogP contribution in [0, 0.1) is 19.3 Å². The van der Waals surface area contributed by atoms with Crippen LogP contribution >= 0.6 is 11.5 Å². The number of rotatable bonds is 4. The van der Waals surface area contributed by atoms with Gasteiger partial charge < -0.3 is 5.32 Å². The average molecular weight is 223 g/mol. The summed E-state index contributed by atoms with van der Waals surface area (Å²) in [5.74, 6) is 2.37. The van der Waals surface area contributed by atoms with Gasteiger partial charge >= 0.3 is 0 Å². The second-order valence-corrected chi connectivity index (χ2v) is 3.92. The molecule has 0 radical (unpaired) electrons. The minimum atomic E-state index is -0.205. The fourth-order valence-electron chi connectivity index (χ4n) is 1.15. The van der Waals surface area contributed by atoms with E-state index >= 15 is 0 Å². The van der Waals surface area contributed by atoms with E-state index in [1.807, 2.05) is 6.92 Å². The number of nitrogens with zero attached hydrogens (tertiary/aromatic N) is 2. The Balaban J connectivity index is 2.64. The number of aromatic nitrogens is 2. The molecule has 0 aliphatic rings. The van der Waals surface area contributed by atoms with Gasteiger partial charge in [-0.05, 0) is 24.9 Å². The van der Waals surface area contributed by atoms with Crippen molar-refractivity contribution in [1.29, 1.82) is 0 Å². The van der Waals surface area contributed by atoms with Crippen LogP contribution < -0.4 is 5.32 Å². The zero-order chi connectivity index (χ0) is 11.3. The molecule has 0 aliphatic heterocycles. The van der Waals surface area contributed by atoms with Gasteiger partial charge in [-0.1, -0.05) is 23.8 Å². The zero-order valence-corrected chi connectivity index (χ0v) is 9.60. The molecule has 1 aromatic rings. The Morgan fingerprint density at radius 1 is 1.73 bits per heavy atom. The lowest BCUT2D eigenvalue weighted by molar-refractivity contribution is 0.0947. The van der Waals surface area contributed by atoms with E-state index in [0.717, 1.165) is 24.4 Å². The molecule has 0 bridgehead atoms. The third-order valence-electron chi connectivity index (χ3n) is 1.94. The first-order valence-corrected chi connectivity index (χ1v) is 5.52. The van der Waals surface area contributed by atoms with Gasteiger partial charge in [0.2, 0.25) is 0 Å². The summed E-state index contributed by atoms with van der Waals surface area (Å²) < 4.78 is 3.70. The first-order chi connectivity index (χ1) is 7.19. The molecule has 1 amide bonds. The second-order valence-electron chi connectivity index (χ2n) is 3.17. The van der Waals surface area contributed by atoms with Gasteiger partial charge in [0, 0.05) is 0 Å². The third kappa shape index (κ3) is 3.03. The van der Waals surface area contributed by atoms with E-state index in [1.54, 1.807) is 6.92 Å². The van der Waals surface area contributed by atoms with Crippen molar-refractivity contribution in [2.24, 2.45) is 0 Å². The molecule has 80 valence electrons. The number of amides is 1. The molecular weight excluding hydrogens is 210 g/mol. The fraction of sp³-hybridized carbons (Fsp3) is 0.500. The zero-order valence-electron chi connectivity index (χ0n) is 8.78. The summed E-state index contributed by atoms with van der Waals surface area (Å²) in [4.78, 5) is 12.2. The summed E-state index contributed by atoms with van der Waals surface area (Å²) in [6.45, 7) is 3.78. The van der Waals surface area contributed by atoms with Crippen LogP contribution in [0.4, 0.5) is 0 Å². The van der Waals surface area contributed by atoms with Crippen LogP contribution in [0.15, 0.2) is 0 Å². The lowest BCUT2D eigenvalue weighted by Crippen LogP contribution is -2.33. The van der Waals surface area contributed by atoms with Crippen LogP contribution in [0.1, 0.15) is 35.1 Å². The maximum Gasteiger partial charge on any atom is 0.265 e. The highest BCUT2D eigenvalue weighted by molar-refractivity contribution is 7.08. The summed E-state index contributed by atoms with van der Waals surface area (Å²) in [7, 11) is 0. The van der Waals surface area contributed by atoms with Crippen molar-refractivity contribution in [1.82, 2.24) is 14.9 Å². The Hall–Kier alpha value is -1.41. The lowest BCUT2D eigenvalue weighted by Gasteiger charge is -2.10. The first kappa shape index (κ1) is 11.7. The van der Waals surface area contributed by atoms with Crippen molar-refractivity contribution in [3.8, 4) is 12.3 Å². The number of hydrogen-bond donors (Lipinski definition) is 1. The minimum Gasteiger partial charge on any atom is -0.338 e. The van der Waals surface area contributed by atoms with E-state index in [4.69, 9.17) is 6.42 Å². The smallest absolute Gasteiger partial charge is 0.265 e. The highest BCUT2D eigenvalue weighted by Crippen LogP contribution is 2.09. The molecule has 1 N–H and O–H groups in total. The molecule has 0 fully saturated rings. The molecule has 4 nitrogen and oxygen atoms in total. The molecule has 1 rings (SSSR count). The number of hydrogen-bond acceptors (Lipinski definition) is 4. The van der Waals surface area contributed by atoms with Gasteiger partial charge in [0.25, 0.3) is 5.91 Å². The van der Waals surface area contributed by atoms with Crippen LogP contribution in [0.5, 0.6) is 0 Å². The maximum atomic E-state index is 11.7. The Kier molecular flexibility index (Phi) is 4.25. The lowest BCUT2D eigenvalue weighted by atomic mass is 10.2. The first-order valence-electron chi connectivity index (χ1n) is 4.75. The van der Waals surface area contributed by atoms with Crippen molar-refractivity contribution in [2.75, 3.05) is 0 Å². The van der Waals surface area contributed by atoms with Gasteiger partial charge in [0.05, 0.1) is 11.7 Å². The fourth-order valence-corrected chi connectivity index (χ4v) is 1.71. The number of carbonyl (C=O) groups excluding carboxylic acids is 1. The maximum absolute atomic E-state index is 11.7. The van der Waals surface area contributed by atoms with Gasteiger partial charge in [0.15, 0.2) is 0 Å². The standard InChI is InChI=1S/C10H13N3OS/c1-4-6-8(5-2)11-10(14)9-7(3)12-13-15-9/h2,8H,4,6H2,1,3H3,(H,11,14). The SMILES string of the molecule is C#CC(CCC)NC(=O)c1snnc1C. The van der Waals surface area contributed by atoms with Crippen LogP contribution in [0.25, 0.3) is 0 Å². The molecular formula is C10H13N3OS. The molecule has 1 unspecified atom stereocenters. The monoisotopic (exact) mass is 223 g/mol. The summed E-state index contributed by atoms with van der Waals surface area (Å²) >= 11 is 1.09. The normalized spacial score (nSPS) is 11.8.